The molecule has 3 aliphatic carbocycles. The Balaban J connectivity index is 1.72. The van der Waals surface area contributed by atoms with Gasteiger partial charge >= 0.3 is 0 Å². The van der Waals surface area contributed by atoms with Crippen LogP contribution in [0.5, 0.6) is 11.5 Å². The molecule has 5 rings (SSSR count). The molecule has 1 aliphatic heterocycles. The van der Waals surface area contributed by atoms with E-state index in [0.29, 0.717) is 46.1 Å². The van der Waals surface area contributed by atoms with Crippen LogP contribution in [-0.4, -0.2) is 47.0 Å². The molecule has 0 spiro atoms. The molecule has 1 aromatic rings. The number of amides is 2. The Morgan fingerprint density at radius 3 is 2.57 bits per heavy atom. The number of carbonyl (C=O) groups is 4. The largest absolute Gasteiger partial charge is 0.504 e. The van der Waals surface area contributed by atoms with Gasteiger partial charge in [-0.1, -0.05) is 34.5 Å². The summed E-state index contributed by atoms with van der Waals surface area (Å²) in [6.07, 6.45) is 4.56. The molecule has 4 atom stereocenters. The number of imide groups is 1. The van der Waals surface area contributed by atoms with Crippen LogP contribution in [0.25, 0.3) is 0 Å². The van der Waals surface area contributed by atoms with E-state index in [4.69, 9.17) is 4.74 Å². The molecule has 4 aliphatic rings. The second kappa shape index (κ2) is 8.59. The van der Waals surface area contributed by atoms with Gasteiger partial charge in [-0.2, -0.15) is 0 Å². The summed E-state index contributed by atoms with van der Waals surface area (Å²) >= 11 is 3.46. The van der Waals surface area contributed by atoms with Crippen LogP contribution in [0.15, 0.2) is 51.0 Å². The van der Waals surface area contributed by atoms with Gasteiger partial charge in [0.15, 0.2) is 23.1 Å². The lowest BCUT2D eigenvalue weighted by atomic mass is 9.59. The third-order valence-electron chi connectivity index (χ3n) is 7.70. The van der Waals surface area contributed by atoms with Crippen molar-refractivity contribution in [2.45, 2.75) is 39.0 Å². The topological polar surface area (TPSA) is 101 Å². The van der Waals surface area contributed by atoms with Crippen LogP contribution in [0, 0.1) is 17.8 Å². The van der Waals surface area contributed by atoms with E-state index in [9.17, 15) is 24.3 Å². The first-order valence-electron chi connectivity index (χ1n) is 11.8. The third kappa shape index (κ3) is 3.44. The van der Waals surface area contributed by atoms with Crippen LogP contribution in [0.4, 0.5) is 0 Å². The number of hydrogen-bond donors (Lipinski definition) is 1. The molecule has 7 nitrogen and oxygen atoms in total. The molecule has 1 aromatic carbocycles. The molecule has 35 heavy (non-hydrogen) atoms. The molecule has 1 N–H and O–H groups in total. The van der Waals surface area contributed by atoms with Crippen LogP contribution in [-0.2, 0) is 19.2 Å². The van der Waals surface area contributed by atoms with Gasteiger partial charge in [-0.05, 0) is 50.3 Å². The van der Waals surface area contributed by atoms with Crippen molar-refractivity contribution < 1.29 is 29.0 Å². The molecule has 0 bridgehead atoms. The second-order valence-electron chi connectivity index (χ2n) is 9.60. The second-order valence-corrected chi connectivity index (χ2v) is 10.5. The van der Waals surface area contributed by atoms with Gasteiger partial charge < -0.3 is 9.84 Å². The van der Waals surface area contributed by atoms with E-state index in [1.54, 1.807) is 19.1 Å². The zero-order valence-electron chi connectivity index (χ0n) is 19.8. The standard InChI is InChI=1S/C27H26BrNO6/c1-4-7-29-26(33)15-6-5-14-16(22(15)27(29)34)11-17-19(30)8-12(2)24(31)23(17)21(14)18-9-13(28)10-20(35-3)25(18)32/h5,8-10,15-16,21-22,32H,4,6-7,11H2,1-3H3. The minimum atomic E-state index is -0.723. The van der Waals surface area contributed by atoms with Crippen molar-refractivity contribution in [3.63, 3.8) is 0 Å². The van der Waals surface area contributed by atoms with E-state index < -0.39 is 23.7 Å². The van der Waals surface area contributed by atoms with Crippen molar-refractivity contribution in [2.24, 2.45) is 17.8 Å². The number of phenols is 1. The van der Waals surface area contributed by atoms with Gasteiger partial charge in [-0.15, -0.1) is 0 Å². The highest BCUT2D eigenvalue weighted by Crippen LogP contribution is 2.57. The van der Waals surface area contributed by atoms with Gasteiger partial charge in [0.05, 0.1) is 18.9 Å². The normalized spacial score (nSPS) is 27.9. The van der Waals surface area contributed by atoms with Crippen LogP contribution >= 0.6 is 15.9 Å². The number of carbonyl (C=O) groups excluding carboxylic acids is 4. The van der Waals surface area contributed by atoms with Crippen LogP contribution in [0.1, 0.15) is 44.6 Å². The first-order chi connectivity index (χ1) is 16.7. The Morgan fingerprint density at radius 1 is 1.14 bits per heavy atom. The average Bonchev–Trinajstić information content (AvgIpc) is 3.07. The highest BCUT2D eigenvalue weighted by atomic mass is 79.9. The predicted molar refractivity (Wildman–Crippen MR) is 131 cm³/mol. The molecule has 0 aromatic heterocycles. The van der Waals surface area contributed by atoms with E-state index in [0.717, 1.165) is 5.57 Å². The summed E-state index contributed by atoms with van der Waals surface area (Å²) in [5, 5.41) is 11.1. The van der Waals surface area contributed by atoms with Gasteiger partial charge in [0.1, 0.15) is 0 Å². The number of hydrogen-bond acceptors (Lipinski definition) is 6. The molecule has 1 saturated heterocycles. The Hall–Kier alpha value is -3.00. The van der Waals surface area contributed by atoms with Gasteiger partial charge in [0.2, 0.25) is 11.8 Å². The van der Waals surface area contributed by atoms with Crippen LogP contribution < -0.4 is 4.74 Å². The van der Waals surface area contributed by atoms with Crippen molar-refractivity contribution in [1.82, 2.24) is 4.90 Å². The van der Waals surface area contributed by atoms with Crippen molar-refractivity contribution >= 4 is 39.3 Å². The van der Waals surface area contributed by atoms with Gasteiger partial charge in [0.25, 0.3) is 0 Å². The minimum Gasteiger partial charge on any atom is -0.504 e. The van der Waals surface area contributed by atoms with E-state index in [-0.39, 0.29) is 41.3 Å². The van der Waals surface area contributed by atoms with Crippen molar-refractivity contribution in [1.29, 1.82) is 0 Å². The van der Waals surface area contributed by atoms with E-state index in [1.807, 2.05) is 13.0 Å². The monoisotopic (exact) mass is 539 g/mol. The lowest BCUT2D eigenvalue weighted by Gasteiger charge is -2.42. The number of Topliss-reactive ketones (excluding diaryl/α,β-unsaturated/α-hetero) is 1. The number of ether oxygens (including phenoxy) is 1. The molecule has 0 saturated carbocycles. The number of fused-ring (bicyclic) bond motifs is 3. The molecular formula is C27H26BrNO6. The number of halogens is 1. The number of aromatic hydroxyl groups is 1. The van der Waals surface area contributed by atoms with E-state index in [2.05, 4.69) is 15.9 Å². The molecular weight excluding hydrogens is 514 g/mol. The fraction of sp³-hybridized carbons (Fsp3) is 0.407. The lowest BCUT2D eigenvalue weighted by Crippen LogP contribution is -2.40. The summed E-state index contributed by atoms with van der Waals surface area (Å²) in [4.78, 5) is 54.4. The molecule has 1 heterocycles. The molecule has 0 radical (unpaired) electrons. The predicted octanol–water partition coefficient (Wildman–Crippen LogP) is 4.00. The van der Waals surface area contributed by atoms with Crippen molar-refractivity contribution in [3.05, 3.63) is 56.6 Å². The van der Waals surface area contributed by atoms with Gasteiger partial charge in [-0.3, -0.25) is 24.1 Å². The number of benzene rings is 1. The van der Waals surface area contributed by atoms with E-state index in [1.165, 1.54) is 18.1 Å². The average molecular weight is 540 g/mol. The maximum absolute atomic E-state index is 13.4. The third-order valence-corrected chi connectivity index (χ3v) is 8.16. The molecule has 2 amide bonds. The number of rotatable bonds is 4. The Labute approximate surface area is 211 Å². The minimum absolute atomic E-state index is 0.120. The number of likely N-dealkylation sites (tertiary alicyclic amines) is 1. The zero-order valence-corrected chi connectivity index (χ0v) is 21.3. The number of ketones is 2. The zero-order chi connectivity index (χ0) is 25.2. The highest BCUT2D eigenvalue weighted by Gasteiger charge is 2.56. The molecule has 1 fully saturated rings. The first kappa shape index (κ1) is 23.7. The smallest absolute Gasteiger partial charge is 0.233 e. The van der Waals surface area contributed by atoms with Crippen molar-refractivity contribution in [2.75, 3.05) is 13.7 Å². The fourth-order valence-electron chi connectivity index (χ4n) is 6.20. The summed E-state index contributed by atoms with van der Waals surface area (Å²) in [7, 11) is 1.44. The summed E-state index contributed by atoms with van der Waals surface area (Å²) in [6, 6.07) is 3.35. The Morgan fingerprint density at radius 2 is 1.89 bits per heavy atom. The SMILES string of the molecule is CCCN1C(=O)C2CC=C3C(c4cc(Br)cc(OC)c4O)C4=C(CC3C2C1=O)C(=O)C=C(C)C4=O. The Kier molecular flexibility index (Phi) is 5.82. The van der Waals surface area contributed by atoms with Gasteiger partial charge in [-0.25, -0.2) is 0 Å². The molecule has 4 unspecified atom stereocenters. The van der Waals surface area contributed by atoms with Gasteiger partial charge in [0, 0.05) is 39.2 Å². The van der Waals surface area contributed by atoms with Crippen LogP contribution in [0.3, 0.4) is 0 Å². The Bertz CT molecular complexity index is 1290. The summed E-state index contributed by atoms with van der Waals surface area (Å²) in [6.45, 7) is 3.90. The molecule has 182 valence electrons. The summed E-state index contributed by atoms with van der Waals surface area (Å²) < 4.78 is 6.00. The molecule has 8 heteroatoms. The number of phenolic OH excluding ortho intramolecular Hbond substituents is 1. The maximum Gasteiger partial charge on any atom is 0.233 e. The number of nitrogens with zero attached hydrogens (tertiary/aromatic N) is 1. The number of allylic oxidation sites excluding steroid dienone is 6. The van der Waals surface area contributed by atoms with E-state index >= 15 is 0 Å². The maximum atomic E-state index is 13.4. The fourth-order valence-corrected chi connectivity index (χ4v) is 6.65. The van der Waals surface area contributed by atoms with Crippen molar-refractivity contribution in [3.8, 4) is 11.5 Å². The lowest BCUT2D eigenvalue weighted by molar-refractivity contribution is -0.140. The first-order valence-corrected chi connectivity index (χ1v) is 12.6. The summed E-state index contributed by atoms with van der Waals surface area (Å²) in [5.41, 5.74) is 2.27. The summed E-state index contributed by atoms with van der Waals surface area (Å²) in [5.74, 6) is -2.96. The quantitative estimate of drug-likeness (QED) is 0.352. The van der Waals surface area contributed by atoms with Crippen LogP contribution in [0.2, 0.25) is 0 Å². The highest BCUT2D eigenvalue weighted by molar-refractivity contribution is 9.10. The number of methoxy groups -OCH3 is 1.